The lowest BCUT2D eigenvalue weighted by Gasteiger charge is -2.19. The van der Waals surface area contributed by atoms with Crippen molar-refractivity contribution in [3.63, 3.8) is 0 Å². The fraction of sp³-hybridized carbons (Fsp3) is 0.316. The first-order valence-electron chi connectivity index (χ1n) is 8.57. The molecule has 1 aliphatic heterocycles. The molecule has 1 heterocycles. The van der Waals surface area contributed by atoms with Crippen molar-refractivity contribution < 1.29 is 13.2 Å². The minimum absolute atomic E-state index is 0.0748. The monoisotopic (exact) mass is 436 g/mol. The summed E-state index contributed by atoms with van der Waals surface area (Å²) in [4.78, 5) is 12.6. The van der Waals surface area contributed by atoms with Crippen LogP contribution in [0.25, 0.3) is 0 Å². The molecule has 1 atom stereocenters. The zero-order chi connectivity index (χ0) is 18.7. The second-order valence-corrected chi connectivity index (χ2v) is 9.20. The van der Waals surface area contributed by atoms with E-state index >= 15 is 0 Å². The number of halogens is 1. The number of carbonyl (C=O) groups is 1. The molecule has 2 aromatic carbocycles. The minimum atomic E-state index is -3.21. The van der Waals surface area contributed by atoms with Gasteiger partial charge in [-0.3, -0.25) is 9.10 Å². The maximum Gasteiger partial charge on any atom is 0.251 e. The van der Waals surface area contributed by atoms with Crippen molar-refractivity contribution in [2.24, 2.45) is 0 Å². The molecule has 26 heavy (non-hydrogen) atoms. The van der Waals surface area contributed by atoms with Crippen LogP contribution in [0.1, 0.15) is 41.7 Å². The molecule has 0 aromatic heterocycles. The van der Waals surface area contributed by atoms with Crippen LogP contribution in [-0.2, 0) is 10.0 Å². The summed E-state index contributed by atoms with van der Waals surface area (Å²) in [5.41, 5.74) is 2.17. The first kappa shape index (κ1) is 18.9. The highest BCUT2D eigenvalue weighted by atomic mass is 79.9. The van der Waals surface area contributed by atoms with E-state index in [4.69, 9.17) is 0 Å². The molecule has 1 aliphatic rings. The Hall–Kier alpha value is -1.86. The van der Waals surface area contributed by atoms with Gasteiger partial charge >= 0.3 is 0 Å². The molecule has 1 fully saturated rings. The van der Waals surface area contributed by atoms with Gasteiger partial charge < -0.3 is 5.32 Å². The molecule has 138 valence electrons. The van der Waals surface area contributed by atoms with Gasteiger partial charge in [0, 0.05) is 16.6 Å². The molecule has 2 aromatic rings. The summed E-state index contributed by atoms with van der Waals surface area (Å²) < 4.78 is 26.4. The van der Waals surface area contributed by atoms with Crippen molar-refractivity contribution in [2.75, 3.05) is 16.6 Å². The van der Waals surface area contributed by atoms with E-state index in [0.717, 1.165) is 16.5 Å². The molecule has 5 nitrogen and oxygen atoms in total. The van der Waals surface area contributed by atoms with E-state index in [0.29, 0.717) is 24.2 Å². The Morgan fingerprint density at radius 1 is 1.15 bits per heavy atom. The first-order valence-corrected chi connectivity index (χ1v) is 11.0. The molecule has 0 spiro atoms. The van der Waals surface area contributed by atoms with Crippen LogP contribution in [0.4, 0.5) is 5.69 Å². The zero-order valence-electron chi connectivity index (χ0n) is 14.5. The van der Waals surface area contributed by atoms with Crippen LogP contribution >= 0.6 is 15.9 Å². The number of nitrogens with zero attached hydrogens (tertiary/aromatic N) is 1. The first-order chi connectivity index (χ1) is 12.4. The van der Waals surface area contributed by atoms with Crippen LogP contribution in [0.5, 0.6) is 0 Å². The van der Waals surface area contributed by atoms with E-state index in [2.05, 4.69) is 21.2 Å². The van der Waals surface area contributed by atoms with E-state index in [1.807, 2.05) is 31.2 Å². The third-order valence-corrected chi connectivity index (χ3v) is 6.90. The quantitative estimate of drug-likeness (QED) is 0.773. The molecule has 0 bridgehead atoms. The summed E-state index contributed by atoms with van der Waals surface area (Å²) in [5.74, 6) is 0.0104. The van der Waals surface area contributed by atoms with Crippen LogP contribution < -0.4 is 9.62 Å². The van der Waals surface area contributed by atoms with Crippen LogP contribution in [-0.4, -0.2) is 26.6 Å². The standard InChI is InChI=1S/C19H21BrN2O3S/c1-2-18(14-4-8-16(20)9-5-14)21-19(23)15-6-10-17(11-7-15)22-12-3-13-26(22,24)25/h4-11,18H,2-3,12-13H2,1H3,(H,21,23). The highest BCUT2D eigenvalue weighted by molar-refractivity contribution is 9.10. The van der Waals surface area contributed by atoms with Gasteiger partial charge in [-0.25, -0.2) is 8.42 Å². The van der Waals surface area contributed by atoms with Crippen LogP contribution in [0.2, 0.25) is 0 Å². The fourth-order valence-corrected chi connectivity index (χ4v) is 4.90. The lowest BCUT2D eigenvalue weighted by Crippen LogP contribution is -2.28. The highest BCUT2D eigenvalue weighted by Gasteiger charge is 2.28. The van der Waals surface area contributed by atoms with E-state index in [-0.39, 0.29) is 17.7 Å². The topological polar surface area (TPSA) is 66.5 Å². The van der Waals surface area contributed by atoms with Gasteiger partial charge in [0.2, 0.25) is 10.0 Å². The normalized spacial score (nSPS) is 17.1. The number of amides is 1. The van der Waals surface area contributed by atoms with Crippen molar-refractivity contribution in [3.05, 3.63) is 64.1 Å². The molecule has 1 unspecified atom stereocenters. The lowest BCUT2D eigenvalue weighted by molar-refractivity contribution is 0.0935. The molecule has 1 amide bonds. The number of hydrogen-bond donors (Lipinski definition) is 1. The Bertz CT molecular complexity index is 880. The lowest BCUT2D eigenvalue weighted by atomic mass is 10.0. The summed E-state index contributed by atoms with van der Waals surface area (Å²) in [6, 6.07) is 14.5. The van der Waals surface area contributed by atoms with Crippen LogP contribution in [0.3, 0.4) is 0 Å². The second-order valence-electron chi connectivity index (χ2n) is 6.27. The molecule has 7 heteroatoms. The Morgan fingerprint density at radius 3 is 2.35 bits per heavy atom. The predicted octanol–water partition coefficient (Wildman–Crippen LogP) is 3.87. The summed E-state index contributed by atoms with van der Waals surface area (Å²) in [5, 5.41) is 3.04. The van der Waals surface area contributed by atoms with Crippen LogP contribution in [0.15, 0.2) is 53.0 Å². The van der Waals surface area contributed by atoms with Gasteiger partial charge in [-0.1, -0.05) is 35.0 Å². The van der Waals surface area contributed by atoms with E-state index < -0.39 is 10.0 Å². The number of rotatable bonds is 5. The predicted molar refractivity (Wildman–Crippen MR) is 107 cm³/mol. The van der Waals surface area contributed by atoms with Crippen LogP contribution in [0, 0.1) is 0 Å². The van der Waals surface area contributed by atoms with Gasteiger partial charge in [-0.05, 0) is 54.8 Å². The molecular formula is C19H21BrN2O3S. The number of carbonyl (C=O) groups excluding carboxylic acids is 1. The fourth-order valence-electron chi connectivity index (χ4n) is 3.07. The highest BCUT2D eigenvalue weighted by Crippen LogP contribution is 2.25. The van der Waals surface area contributed by atoms with Crippen molar-refractivity contribution in [1.82, 2.24) is 5.32 Å². The summed E-state index contributed by atoms with van der Waals surface area (Å²) in [7, 11) is -3.21. The number of benzene rings is 2. The molecule has 0 saturated carbocycles. The van der Waals surface area contributed by atoms with Crippen molar-refractivity contribution in [2.45, 2.75) is 25.8 Å². The Labute approximate surface area is 162 Å². The molecule has 3 rings (SSSR count). The number of sulfonamides is 1. The third kappa shape index (κ3) is 4.10. The Kier molecular flexibility index (Phi) is 5.67. The van der Waals surface area contributed by atoms with Gasteiger partial charge in [-0.2, -0.15) is 0 Å². The van der Waals surface area contributed by atoms with Crippen molar-refractivity contribution >= 4 is 37.5 Å². The van der Waals surface area contributed by atoms with Gasteiger partial charge in [0.25, 0.3) is 5.91 Å². The SMILES string of the molecule is CCC(NC(=O)c1ccc(N2CCCS2(=O)=O)cc1)c1ccc(Br)cc1. The second kappa shape index (κ2) is 7.80. The molecule has 0 radical (unpaired) electrons. The van der Waals surface area contributed by atoms with Gasteiger partial charge in [-0.15, -0.1) is 0 Å². The Morgan fingerprint density at radius 2 is 1.81 bits per heavy atom. The van der Waals surface area contributed by atoms with Gasteiger partial charge in [0.1, 0.15) is 0 Å². The van der Waals surface area contributed by atoms with E-state index in [9.17, 15) is 13.2 Å². The molecular weight excluding hydrogens is 416 g/mol. The summed E-state index contributed by atoms with van der Waals surface area (Å²) >= 11 is 3.41. The number of hydrogen-bond acceptors (Lipinski definition) is 3. The molecule has 1 N–H and O–H groups in total. The van der Waals surface area contributed by atoms with E-state index in [1.54, 1.807) is 24.3 Å². The van der Waals surface area contributed by atoms with Gasteiger partial charge in [0.15, 0.2) is 0 Å². The average Bonchev–Trinajstić information content (AvgIpc) is 2.99. The van der Waals surface area contributed by atoms with Gasteiger partial charge in [0.05, 0.1) is 17.5 Å². The molecule has 1 saturated heterocycles. The maximum atomic E-state index is 12.6. The third-order valence-electron chi connectivity index (χ3n) is 4.50. The van der Waals surface area contributed by atoms with Crippen molar-refractivity contribution in [3.8, 4) is 0 Å². The zero-order valence-corrected chi connectivity index (χ0v) is 16.9. The summed E-state index contributed by atoms with van der Waals surface area (Å²) in [6.07, 6.45) is 1.41. The van der Waals surface area contributed by atoms with Crippen molar-refractivity contribution in [1.29, 1.82) is 0 Å². The smallest absolute Gasteiger partial charge is 0.251 e. The minimum Gasteiger partial charge on any atom is -0.345 e. The summed E-state index contributed by atoms with van der Waals surface area (Å²) in [6.45, 7) is 2.52. The van der Waals surface area contributed by atoms with E-state index in [1.165, 1.54) is 4.31 Å². The maximum absolute atomic E-state index is 12.6. The average molecular weight is 437 g/mol. The number of anilines is 1. The number of nitrogens with one attached hydrogen (secondary N) is 1. The Balaban J connectivity index is 1.72. The largest absolute Gasteiger partial charge is 0.345 e. The molecule has 0 aliphatic carbocycles.